The molecule has 0 atom stereocenters. The van der Waals surface area contributed by atoms with Crippen molar-refractivity contribution in [3.05, 3.63) is 16.1 Å². The van der Waals surface area contributed by atoms with E-state index in [4.69, 9.17) is 10.8 Å². The highest BCUT2D eigenvalue weighted by Crippen LogP contribution is 2.14. The molecule has 0 fully saturated rings. The summed E-state index contributed by atoms with van der Waals surface area (Å²) in [5, 5.41) is 8.69. The van der Waals surface area contributed by atoms with Gasteiger partial charge < -0.3 is 10.8 Å². The molecule has 5 heteroatoms. The van der Waals surface area contributed by atoms with E-state index in [9.17, 15) is 4.79 Å². The molecule has 0 unspecified atom stereocenters. The Morgan fingerprint density at radius 1 is 1.75 bits per heavy atom. The minimum absolute atomic E-state index is 0.337. The maximum atomic E-state index is 10.6. The molecule has 0 aliphatic heterocycles. The molecule has 0 aromatic carbocycles. The van der Waals surface area contributed by atoms with Crippen LogP contribution in [0.2, 0.25) is 0 Å². The molecule has 0 radical (unpaired) electrons. The summed E-state index contributed by atoms with van der Waals surface area (Å²) in [5.41, 5.74) is 7.50. The van der Waals surface area contributed by atoms with Gasteiger partial charge in [-0.1, -0.05) is 0 Å². The van der Waals surface area contributed by atoms with Crippen molar-refractivity contribution in [3.8, 4) is 0 Å². The number of carboxylic acid groups (broad SMARTS) is 1. The number of rotatable bonds is 4. The number of aromatic carboxylic acids is 1. The van der Waals surface area contributed by atoms with Crippen LogP contribution in [0.3, 0.4) is 0 Å². The van der Waals surface area contributed by atoms with Gasteiger partial charge in [0.05, 0.1) is 11.2 Å². The minimum Gasteiger partial charge on any atom is -0.477 e. The highest BCUT2D eigenvalue weighted by atomic mass is 32.1. The van der Waals surface area contributed by atoms with Gasteiger partial charge in [0.15, 0.2) is 0 Å². The quantitative estimate of drug-likeness (QED) is 0.726. The first-order valence-corrected chi connectivity index (χ1v) is 4.49. The van der Waals surface area contributed by atoms with E-state index < -0.39 is 5.97 Å². The average Bonchev–Trinajstić information content (AvgIpc) is 2.48. The van der Waals surface area contributed by atoms with Crippen LogP contribution in [0.15, 0.2) is 5.51 Å². The minimum atomic E-state index is -0.899. The fourth-order valence-electron chi connectivity index (χ4n) is 0.891. The Labute approximate surface area is 74.0 Å². The predicted octanol–water partition coefficient (Wildman–Crippen LogP) is 0.733. The average molecular weight is 186 g/mol. The molecule has 3 N–H and O–H groups in total. The Bertz CT molecular complexity index is 272. The number of aryl methyl sites for hydroxylation is 1. The van der Waals surface area contributed by atoms with Gasteiger partial charge in [0.1, 0.15) is 4.88 Å². The number of hydrogen-bond acceptors (Lipinski definition) is 4. The molecule has 0 saturated heterocycles. The van der Waals surface area contributed by atoms with Gasteiger partial charge in [-0.3, -0.25) is 0 Å². The van der Waals surface area contributed by atoms with E-state index in [1.54, 1.807) is 5.51 Å². The Hall–Kier alpha value is -0.940. The van der Waals surface area contributed by atoms with E-state index in [0.717, 1.165) is 17.8 Å². The number of thiazole rings is 1. The van der Waals surface area contributed by atoms with Crippen LogP contribution in [-0.2, 0) is 6.42 Å². The predicted molar refractivity (Wildman–Crippen MR) is 46.4 cm³/mol. The van der Waals surface area contributed by atoms with Crippen molar-refractivity contribution in [1.29, 1.82) is 0 Å². The lowest BCUT2D eigenvalue weighted by atomic mass is 10.2. The first-order chi connectivity index (χ1) is 5.75. The largest absolute Gasteiger partial charge is 0.477 e. The molecule has 0 spiro atoms. The zero-order chi connectivity index (χ0) is 8.97. The molecule has 0 aliphatic rings. The van der Waals surface area contributed by atoms with E-state index in [0.29, 0.717) is 23.5 Å². The summed E-state index contributed by atoms with van der Waals surface area (Å²) in [6.07, 6.45) is 1.44. The molecule has 0 amide bonds. The summed E-state index contributed by atoms with van der Waals surface area (Å²) >= 11 is 1.16. The monoisotopic (exact) mass is 186 g/mol. The third-order valence-corrected chi connectivity index (χ3v) is 2.31. The van der Waals surface area contributed by atoms with Crippen molar-refractivity contribution in [3.63, 3.8) is 0 Å². The maximum Gasteiger partial charge on any atom is 0.347 e. The standard InChI is InChI=1S/C7H10N2O2S/c8-3-1-2-5-6(7(10)11)12-4-9-5/h4H,1-3,8H2,(H,10,11). The Morgan fingerprint density at radius 3 is 3.08 bits per heavy atom. The Morgan fingerprint density at radius 2 is 2.50 bits per heavy atom. The molecule has 0 saturated carbocycles. The maximum absolute atomic E-state index is 10.6. The lowest BCUT2D eigenvalue weighted by Gasteiger charge is -1.95. The van der Waals surface area contributed by atoms with Gasteiger partial charge in [0, 0.05) is 0 Å². The van der Waals surface area contributed by atoms with Crippen molar-refractivity contribution in [1.82, 2.24) is 4.98 Å². The fourth-order valence-corrected chi connectivity index (χ4v) is 1.57. The lowest BCUT2D eigenvalue weighted by Crippen LogP contribution is -2.04. The third kappa shape index (κ3) is 2.02. The van der Waals surface area contributed by atoms with Crippen LogP contribution in [0.4, 0.5) is 0 Å². The molecule has 0 aliphatic carbocycles. The van der Waals surface area contributed by atoms with Crippen LogP contribution in [0.25, 0.3) is 0 Å². The van der Waals surface area contributed by atoms with Gasteiger partial charge in [0.25, 0.3) is 0 Å². The molecule has 1 heterocycles. The summed E-state index contributed by atoms with van der Waals surface area (Å²) in [5.74, 6) is -0.899. The second kappa shape index (κ2) is 4.18. The molecule has 0 bridgehead atoms. The van der Waals surface area contributed by atoms with Crippen LogP contribution >= 0.6 is 11.3 Å². The second-order valence-corrected chi connectivity index (χ2v) is 3.18. The molecule has 1 aromatic rings. The summed E-state index contributed by atoms with van der Waals surface area (Å²) < 4.78 is 0. The van der Waals surface area contributed by atoms with Gasteiger partial charge in [-0.25, -0.2) is 9.78 Å². The summed E-state index contributed by atoms with van der Waals surface area (Å²) in [4.78, 5) is 14.9. The van der Waals surface area contributed by atoms with E-state index in [1.165, 1.54) is 0 Å². The van der Waals surface area contributed by atoms with Crippen LogP contribution in [0.1, 0.15) is 21.8 Å². The summed E-state index contributed by atoms with van der Waals surface area (Å²) in [6, 6.07) is 0. The zero-order valence-corrected chi connectivity index (χ0v) is 7.30. The zero-order valence-electron chi connectivity index (χ0n) is 6.49. The first-order valence-electron chi connectivity index (χ1n) is 3.61. The third-order valence-electron chi connectivity index (χ3n) is 1.45. The van der Waals surface area contributed by atoms with Gasteiger partial charge in [-0.15, -0.1) is 11.3 Å². The van der Waals surface area contributed by atoms with Crippen molar-refractivity contribution in [2.75, 3.05) is 6.54 Å². The first kappa shape index (κ1) is 9.15. The number of nitrogens with zero attached hydrogens (tertiary/aromatic N) is 1. The van der Waals surface area contributed by atoms with Crippen LogP contribution in [0, 0.1) is 0 Å². The van der Waals surface area contributed by atoms with Crippen LogP contribution in [-0.4, -0.2) is 22.6 Å². The highest BCUT2D eigenvalue weighted by Gasteiger charge is 2.11. The lowest BCUT2D eigenvalue weighted by molar-refractivity contribution is 0.0700. The SMILES string of the molecule is NCCCc1ncsc1C(=O)O. The molecule has 1 aromatic heterocycles. The molecular formula is C7H10N2O2S. The van der Waals surface area contributed by atoms with Crippen molar-refractivity contribution in [2.45, 2.75) is 12.8 Å². The highest BCUT2D eigenvalue weighted by molar-refractivity contribution is 7.11. The normalized spacial score (nSPS) is 10.1. The Kier molecular flexibility index (Phi) is 3.19. The van der Waals surface area contributed by atoms with Crippen LogP contribution in [0.5, 0.6) is 0 Å². The molecule has 1 rings (SSSR count). The fraction of sp³-hybridized carbons (Fsp3) is 0.429. The van der Waals surface area contributed by atoms with Crippen molar-refractivity contribution >= 4 is 17.3 Å². The molecule has 66 valence electrons. The number of carboxylic acids is 1. The Balaban J connectivity index is 2.70. The number of aromatic nitrogens is 1. The van der Waals surface area contributed by atoms with Crippen molar-refractivity contribution < 1.29 is 9.90 Å². The van der Waals surface area contributed by atoms with Gasteiger partial charge in [-0.2, -0.15) is 0 Å². The van der Waals surface area contributed by atoms with E-state index in [2.05, 4.69) is 4.98 Å². The number of hydrogen-bond donors (Lipinski definition) is 2. The molecule has 12 heavy (non-hydrogen) atoms. The van der Waals surface area contributed by atoms with Gasteiger partial charge >= 0.3 is 5.97 Å². The van der Waals surface area contributed by atoms with E-state index in [-0.39, 0.29) is 0 Å². The van der Waals surface area contributed by atoms with Gasteiger partial charge in [-0.05, 0) is 19.4 Å². The molecule has 4 nitrogen and oxygen atoms in total. The van der Waals surface area contributed by atoms with Gasteiger partial charge in [0.2, 0.25) is 0 Å². The van der Waals surface area contributed by atoms with Crippen molar-refractivity contribution in [2.24, 2.45) is 5.73 Å². The summed E-state index contributed by atoms with van der Waals surface area (Å²) in [7, 11) is 0. The smallest absolute Gasteiger partial charge is 0.347 e. The van der Waals surface area contributed by atoms with E-state index in [1.807, 2.05) is 0 Å². The topological polar surface area (TPSA) is 76.2 Å². The number of nitrogens with two attached hydrogens (primary N) is 1. The van der Waals surface area contributed by atoms with E-state index >= 15 is 0 Å². The summed E-state index contributed by atoms with van der Waals surface area (Å²) in [6.45, 7) is 0.566. The number of carbonyl (C=O) groups is 1. The molecular weight excluding hydrogens is 176 g/mol. The van der Waals surface area contributed by atoms with Crippen LogP contribution < -0.4 is 5.73 Å². The second-order valence-electron chi connectivity index (χ2n) is 2.33.